The number of hydrogen-bond donors (Lipinski definition) is 3. The Labute approximate surface area is 120 Å². The second kappa shape index (κ2) is 6.75. The SMILES string of the molecule is CC(C)c1ccccc1NC(=O)NC1CCCCC1O. The fraction of sp³-hybridized carbons (Fsp3) is 0.562. The maximum atomic E-state index is 12.1. The smallest absolute Gasteiger partial charge is 0.319 e. The predicted molar refractivity (Wildman–Crippen MR) is 80.9 cm³/mol. The highest BCUT2D eigenvalue weighted by Crippen LogP contribution is 2.24. The van der Waals surface area contributed by atoms with Crippen molar-refractivity contribution in [1.29, 1.82) is 0 Å². The van der Waals surface area contributed by atoms with Crippen LogP contribution in [-0.2, 0) is 0 Å². The minimum Gasteiger partial charge on any atom is -0.391 e. The molecule has 0 bridgehead atoms. The third-order valence-corrected chi connectivity index (χ3v) is 3.88. The van der Waals surface area contributed by atoms with E-state index in [1.807, 2.05) is 24.3 Å². The van der Waals surface area contributed by atoms with Gasteiger partial charge in [-0.3, -0.25) is 0 Å². The lowest BCUT2D eigenvalue weighted by Crippen LogP contribution is -2.46. The Kier molecular flexibility index (Phi) is 5.01. The van der Waals surface area contributed by atoms with Gasteiger partial charge in [-0.2, -0.15) is 0 Å². The molecule has 4 heteroatoms. The van der Waals surface area contributed by atoms with E-state index in [1.54, 1.807) is 0 Å². The van der Waals surface area contributed by atoms with Gasteiger partial charge in [-0.25, -0.2) is 4.79 Å². The van der Waals surface area contributed by atoms with E-state index in [2.05, 4.69) is 24.5 Å². The number of carbonyl (C=O) groups excluding carboxylic acids is 1. The largest absolute Gasteiger partial charge is 0.391 e. The molecule has 0 aromatic heterocycles. The van der Waals surface area contributed by atoms with Gasteiger partial charge in [0.2, 0.25) is 0 Å². The molecule has 110 valence electrons. The van der Waals surface area contributed by atoms with Crippen molar-refractivity contribution in [3.63, 3.8) is 0 Å². The summed E-state index contributed by atoms with van der Waals surface area (Å²) in [4.78, 5) is 12.1. The lowest BCUT2D eigenvalue weighted by molar-refractivity contribution is 0.0955. The first-order valence-electron chi connectivity index (χ1n) is 7.42. The molecule has 3 N–H and O–H groups in total. The number of aliphatic hydroxyl groups is 1. The van der Waals surface area contributed by atoms with E-state index in [1.165, 1.54) is 0 Å². The normalized spacial score (nSPS) is 22.6. The Morgan fingerprint density at radius 1 is 1.25 bits per heavy atom. The first-order chi connectivity index (χ1) is 9.58. The molecule has 20 heavy (non-hydrogen) atoms. The zero-order valence-corrected chi connectivity index (χ0v) is 12.2. The van der Waals surface area contributed by atoms with E-state index in [0.717, 1.165) is 36.9 Å². The van der Waals surface area contributed by atoms with Gasteiger partial charge in [-0.1, -0.05) is 44.9 Å². The van der Waals surface area contributed by atoms with Crippen LogP contribution in [0, 0.1) is 0 Å². The van der Waals surface area contributed by atoms with Gasteiger partial charge in [0.05, 0.1) is 12.1 Å². The molecule has 0 saturated heterocycles. The molecule has 1 aromatic rings. The van der Waals surface area contributed by atoms with Crippen LogP contribution >= 0.6 is 0 Å². The molecule has 1 aliphatic rings. The number of urea groups is 1. The molecule has 0 aliphatic heterocycles. The van der Waals surface area contributed by atoms with Crippen LogP contribution < -0.4 is 10.6 Å². The fourth-order valence-corrected chi connectivity index (χ4v) is 2.72. The molecule has 1 aromatic carbocycles. The second-order valence-corrected chi connectivity index (χ2v) is 5.80. The summed E-state index contributed by atoms with van der Waals surface area (Å²) in [6, 6.07) is 7.46. The first-order valence-corrected chi connectivity index (χ1v) is 7.42. The highest BCUT2D eigenvalue weighted by Gasteiger charge is 2.24. The maximum absolute atomic E-state index is 12.1. The second-order valence-electron chi connectivity index (χ2n) is 5.80. The van der Waals surface area contributed by atoms with E-state index >= 15 is 0 Å². The molecule has 2 amide bonds. The average molecular weight is 276 g/mol. The number of aliphatic hydroxyl groups excluding tert-OH is 1. The Balaban J connectivity index is 1.97. The highest BCUT2D eigenvalue weighted by molar-refractivity contribution is 5.90. The van der Waals surface area contributed by atoms with Gasteiger partial charge in [-0.15, -0.1) is 0 Å². The number of amides is 2. The quantitative estimate of drug-likeness (QED) is 0.793. The third kappa shape index (κ3) is 3.73. The van der Waals surface area contributed by atoms with Crippen LogP contribution in [-0.4, -0.2) is 23.3 Å². The van der Waals surface area contributed by atoms with E-state index in [0.29, 0.717) is 5.92 Å². The van der Waals surface area contributed by atoms with Gasteiger partial charge in [0.25, 0.3) is 0 Å². The lowest BCUT2D eigenvalue weighted by atomic mass is 9.93. The number of hydrogen-bond acceptors (Lipinski definition) is 2. The van der Waals surface area contributed by atoms with Gasteiger partial charge in [0.1, 0.15) is 0 Å². The Bertz CT molecular complexity index is 460. The Morgan fingerprint density at radius 2 is 1.95 bits per heavy atom. The molecule has 2 rings (SSSR count). The monoisotopic (exact) mass is 276 g/mol. The zero-order chi connectivity index (χ0) is 14.5. The van der Waals surface area contributed by atoms with Crippen LogP contribution in [0.5, 0.6) is 0 Å². The summed E-state index contributed by atoms with van der Waals surface area (Å²) in [5, 5.41) is 15.7. The number of anilines is 1. The van der Waals surface area contributed by atoms with E-state index in [4.69, 9.17) is 0 Å². The van der Waals surface area contributed by atoms with Crippen molar-refractivity contribution in [1.82, 2.24) is 5.32 Å². The van der Waals surface area contributed by atoms with Crippen LogP contribution in [0.25, 0.3) is 0 Å². The highest BCUT2D eigenvalue weighted by atomic mass is 16.3. The topological polar surface area (TPSA) is 61.4 Å². The standard InChI is InChI=1S/C16H24N2O2/c1-11(2)12-7-3-4-8-13(12)17-16(20)18-14-9-5-6-10-15(14)19/h3-4,7-8,11,14-15,19H,5-6,9-10H2,1-2H3,(H2,17,18,20). The van der Waals surface area contributed by atoms with Gasteiger partial charge >= 0.3 is 6.03 Å². The number of carbonyl (C=O) groups is 1. The van der Waals surface area contributed by atoms with E-state index in [9.17, 15) is 9.90 Å². The number of rotatable bonds is 3. The summed E-state index contributed by atoms with van der Waals surface area (Å²) in [5.41, 5.74) is 1.96. The Morgan fingerprint density at radius 3 is 2.65 bits per heavy atom. The maximum Gasteiger partial charge on any atom is 0.319 e. The van der Waals surface area contributed by atoms with Crippen LogP contribution in [0.4, 0.5) is 10.5 Å². The van der Waals surface area contributed by atoms with E-state index in [-0.39, 0.29) is 12.1 Å². The van der Waals surface area contributed by atoms with Crippen molar-refractivity contribution in [2.75, 3.05) is 5.32 Å². The summed E-state index contributed by atoms with van der Waals surface area (Å²) < 4.78 is 0. The molecule has 0 heterocycles. The lowest BCUT2D eigenvalue weighted by Gasteiger charge is -2.28. The summed E-state index contributed by atoms with van der Waals surface area (Å²) in [6.07, 6.45) is 3.30. The first kappa shape index (κ1) is 14.9. The van der Waals surface area contributed by atoms with Crippen molar-refractivity contribution in [2.45, 2.75) is 57.6 Å². The summed E-state index contributed by atoms with van der Waals surface area (Å²) in [5.74, 6) is 0.353. The minimum atomic E-state index is -0.421. The molecule has 1 fully saturated rings. The van der Waals surface area contributed by atoms with Crippen molar-refractivity contribution in [2.24, 2.45) is 0 Å². The summed E-state index contributed by atoms with van der Waals surface area (Å²) in [6.45, 7) is 4.20. The van der Waals surface area contributed by atoms with Crippen LogP contribution in [0.3, 0.4) is 0 Å². The number of nitrogens with one attached hydrogen (secondary N) is 2. The van der Waals surface area contributed by atoms with Gasteiger partial charge < -0.3 is 15.7 Å². The van der Waals surface area contributed by atoms with Crippen LogP contribution in [0.1, 0.15) is 51.0 Å². The van der Waals surface area contributed by atoms with Crippen LogP contribution in [0.15, 0.2) is 24.3 Å². The van der Waals surface area contributed by atoms with Crippen molar-refractivity contribution >= 4 is 11.7 Å². The predicted octanol–water partition coefficient (Wildman–Crippen LogP) is 3.24. The molecule has 1 saturated carbocycles. The molecule has 0 radical (unpaired) electrons. The molecule has 2 unspecified atom stereocenters. The number of benzene rings is 1. The van der Waals surface area contributed by atoms with Gasteiger partial charge in [0, 0.05) is 5.69 Å². The van der Waals surface area contributed by atoms with Crippen LogP contribution in [0.2, 0.25) is 0 Å². The minimum absolute atomic E-state index is 0.130. The molecular weight excluding hydrogens is 252 g/mol. The molecule has 1 aliphatic carbocycles. The van der Waals surface area contributed by atoms with Crippen molar-refractivity contribution in [3.05, 3.63) is 29.8 Å². The third-order valence-electron chi connectivity index (χ3n) is 3.88. The van der Waals surface area contributed by atoms with Gasteiger partial charge in [0.15, 0.2) is 0 Å². The summed E-state index contributed by atoms with van der Waals surface area (Å²) >= 11 is 0. The molecule has 2 atom stereocenters. The van der Waals surface area contributed by atoms with Gasteiger partial charge in [-0.05, 0) is 30.4 Å². The molecule has 4 nitrogen and oxygen atoms in total. The number of para-hydroxylation sites is 1. The fourth-order valence-electron chi connectivity index (χ4n) is 2.72. The Hall–Kier alpha value is -1.55. The van der Waals surface area contributed by atoms with Crippen molar-refractivity contribution < 1.29 is 9.90 Å². The molecular formula is C16H24N2O2. The zero-order valence-electron chi connectivity index (χ0n) is 12.2. The van der Waals surface area contributed by atoms with Crippen molar-refractivity contribution in [3.8, 4) is 0 Å². The average Bonchev–Trinajstić information content (AvgIpc) is 2.41. The molecule has 0 spiro atoms. The summed E-state index contributed by atoms with van der Waals surface area (Å²) in [7, 11) is 0. The van der Waals surface area contributed by atoms with E-state index < -0.39 is 6.10 Å².